The predicted molar refractivity (Wildman–Crippen MR) is 153 cm³/mol. The molecule has 1 aromatic carbocycles. The zero-order valence-corrected chi connectivity index (χ0v) is 24.4. The number of morpholine rings is 1. The Morgan fingerprint density at radius 1 is 1.00 bits per heavy atom. The molecule has 14 heteroatoms. The molecule has 1 aromatic heterocycles. The van der Waals surface area contributed by atoms with Gasteiger partial charge < -0.3 is 39.3 Å². The van der Waals surface area contributed by atoms with Gasteiger partial charge in [0.1, 0.15) is 17.5 Å². The summed E-state index contributed by atoms with van der Waals surface area (Å²) in [6.07, 6.45) is -0.947. The number of nitrogens with zero attached hydrogens (tertiary/aromatic N) is 4. The number of aryl methyl sites for hydroxylation is 1. The second-order valence-corrected chi connectivity index (χ2v) is 10.3. The highest BCUT2D eigenvalue weighted by Gasteiger charge is 2.31. The van der Waals surface area contributed by atoms with Crippen LogP contribution in [0.2, 0.25) is 0 Å². The maximum Gasteiger partial charge on any atom is 0.409 e. The second kappa shape index (κ2) is 14.6. The summed E-state index contributed by atoms with van der Waals surface area (Å²) in [5.74, 6) is -2.20. The smallest absolute Gasteiger partial charge is 0.409 e. The zero-order valence-electron chi connectivity index (χ0n) is 24.4. The molecule has 1 unspecified atom stereocenters. The van der Waals surface area contributed by atoms with Gasteiger partial charge in [-0.2, -0.15) is 0 Å². The van der Waals surface area contributed by atoms with Crippen LogP contribution < -0.4 is 10.1 Å². The van der Waals surface area contributed by atoms with Gasteiger partial charge >= 0.3 is 12.1 Å². The Morgan fingerprint density at radius 3 is 2.37 bits per heavy atom. The lowest BCUT2D eigenvalue weighted by molar-refractivity contribution is -0.139. The van der Waals surface area contributed by atoms with E-state index in [1.165, 1.54) is 15.9 Å². The van der Waals surface area contributed by atoms with Crippen LogP contribution in [-0.2, 0) is 23.9 Å². The topological polar surface area (TPSA) is 168 Å². The fourth-order valence-corrected chi connectivity index (χ4v) is 4.89. The molecule has 2 saturated heterocycles. The maximum atomic E-state index is 13.5. The van der Waals surface area contributed by atoms with Crippen LogP contribution in [-0.4, -0.2) is 126 Å². The van der Waals surface area contributed by atoms with E-state index in [1.54, 1.807) is 24.0 Å². The van der Waals surface area contributed by atoms with Crippen LogP contribution in [0.1, 0.15) is 35.8 Å². The minimum atomic E-state index is -1.14. The van der Waals surface area contributed by atoms with E-state index in [4.69, 9.17) is 14.2 Å². The number of piperazine rings is 1. The van der Waals surface area contributed by atoms with Crippen molar-refractivity contribution in [2.45, 2.75) is 32.7 Å². The van der Waals surface area contributed by atoms with E-state index >= 15 is 0 Å². The average molecular weight is 600 g/mol. The van der Waals surface area contributed by atoms with Crippen molar-refractivity contribution < 1.29 is 43.3 Å². The zero-order chi connectivity index (χ0) is 30.9. The summed E-state index contributed by atoms with van der Waals surface area (Å²) in [6, 6.07) is 5.71. The Bertz CT molecular complexity index is 1350. The molecule has 4 amide bonds. The number of ether oxygens (including phenoxy) is 3. The second-order valence-electron chi connectivity index (χ2n) is 10.3. The van der Waals surface area contributed by atoms with E-state index in [9.17, 15) is 29.1 Å². The minimum absolute atomic E-state index is 0.0489. The van der Waals surface area contributed by atoms with Crippen LogP contribution in [0.5, 0.6) is 5.75 Å². The highest BCUT2D eigenvalue weighted by Crippen LogP contribution is 2.27. The molecule has 0 radical (unpaired) electrons. The first kappa shape index (κ1) is 31.5. The van der Waals surface area contributed by atoms with Gasteiger partial charge in [-0.1, -0.05) is 6.07 Å². The lowest BCUT2D eigenvalue weighted by Crippen LogP contribution is -2.56. The number of hydrogen-bond acceptors (Lipinski definition) is 9. The molecule has 2 aliphatic heterocycles. The number of aliphatic carboxylic acids is 1. The molecule has 2 fully saturated rings. The van der Waals surface area contributed by atoms with Crippen LogP contribution in [0, 0.1) is 6.92 Å². The van der Waals surface area contributed by atoms with Gasteiger partial charge in [0.25, 0.3) is 11.8 Å². The minimum Gasteiger partial charge on any atom is -0.483 e. The Labute approximate surface area is 248 Å². The molecule has 0 saturated carbocycles. The number of pyridine rings is 1. The van der Waals surface area contributed by atoms with Gasteiger partial charge in [0.2, 0.25) is 5.91 Å². The van der Waals surface area contributed by atoms with Crippen molar-refractivity contribution >= 4 is 40.7 Å². The number of benzene rings is 1. The van der Waals surface area contributed by atoms with E-state index in [0.717, 1.165) is 5.56 Å². The predicted octanol–water partition coefficient (Wildman–Crippen LogP) is 1.04. The van der Waals surface area contributed by atoms with E-state index in [-0.39, 0.29) is 69.6 Å². The number of aromatic nitrogens is 1. The van der Waals surface area contributed by atoms with Crippen LogP contribution in [0.15, 0.2) is 24.3 Å². The van der Waals surface area contributed by atoms with Gasteiger partial charge in [-0.05, 0) is 38.0 Å². The molecular weight excluding hydrogens is 562 g/mol. The summed E-state index contributed by atoms with van der Waals surface area (Å²) in [5.41, 5.74) is 1.31. The number of fused-ring (bicyclic) bond motifs is 1. The van der Waals surface area contributed by atoms with Crippen molar-refractivity contribution in [3.05, 3.63) is 35.5 Å². The number of nitrogens with one attached hydrogen (secondary N) is 1. The molecule has 0 aliphatic carbocycles. The number of carbonyl (C=O) groups is 5. The van der Waals surface area contributed by atoms with Crippen molar-refractivity contribution in [3.63, 3.8) is 0 Å². The first-order chi connectivity index (χ1) is 20.7. The average Bonchev–Trinajstić information content (AvgIpc) is 3.01. The van der Waals surface area contributed by atoms with E-state index in [0.29, 0.717) is 37.2 Å². The molecule has 232 valence electrons. The van der Waals surface area contributed by atoms with Gasteiger partial charge in [-0.3, -0.25) is 19.2 Å². The van der Waals surface area contributed by atoms with Crippen molar-refractivity contribution in [3.8, 4) is 5.75 Å². The van der Waals surface area contributed by atoms with Crippen LogP contribution >= 0.6 is 0 Å². The summed E-state index contributed by atoms with van der Waals surface area (Å²) in [4.78, 5) is 72.1. The lowest BCUT2D eigenvalue weighted by atomic mass is 10.1. The first-order valence-corrected chi connectivity index (χ1v) is 14.3. The fraction of sp³-hybridized carbons (Fsp3) is 0.517. The van der Waals surface area contributed by atoms with Gasteiger partial charge in [-0.15, -0.1) is 0 Å². The van der Waals surface area contributed by atoms with Crippen LogP contribution in [0.25, 0.3) is 10.9 Å². The number of carboxylic acid groups (broad SMARTS) is 1. The number of carboxylic acids is 1. The van der Waals surface area contributed by atoms with Crippen molar-refractivity contribution in [2.75, 3.05) is 65.7 Å². The van der Waals surface area contributed by atoms with Crippen molar-refractivity contribution in [1.29, 1.82) is 0 Å². The van der Waals surface area contributed by atoms with Gasteiger partial charge in [0.15, 0.2) is 6.61 Å². The van der Waals surface area contributed by atoms with Crippen LogP contribution in [0.4, 0.5) is 4.79 Å². The molecule has 1 atom stereocenters. The Kier molecular flexibility index (Phi) is 10.7. The lowest BCUT2D eigenvalue weighted by Gasteiger charge is -2.35. The monoisotopic (exact) mass is 599 g/mol. The summed E-state index contributed by atoms with van der Waals surface area (Å²) in [7, 11) is 0. The first-order valence-electron chi connectivity index (χ1n) is 14.3. The van der Waals surface area contributed by atoms with Gasteiger partial charge in [-0.25, -0.2) is 9.78 Å². The molecule has 2 aromatic rings. The third-order valence-electron chi connectivity index (χ3n) is 7.24. The SMILES string of the molecule is CCOC(=O)N1CCN(C(=O)C(CCC(=O)O)NC(=O)c2cc(OCC(=O)N3CCOCC3)c3ccc(C)cc3n2)CC1. The van der Waals surface area contributed by atoms with Gasteiger partial charge in [0.05, 0.1) is 25.3 Å². The fourth-order valence-electron chi connectivity index (χ4n) is 4.89. The molecule has 14 nitrogen and oxygen atoms in total. The number of hydrogen-bond donors (Lipinski definition) is 2. The van der Waals surface area contributed by atoms with Crippen molar-refractivity contribution in [2.24, 2.45) is 0 Å². The molecule has 0 spiro atoms. The summed E-state index contributed by atoms with van der Waals surface area (Å²) in [6.45, 7) is 6.33. The Balaban J connectivity index is 1.51. The standard InChI is InChI=1S/C29H37N5O9/c1-3-42-29(40)34-10-8-33(9-11-34)28(39)21(6-7-26(36)37)31-27(38)23-17-24(20-5-4-19(2)16-22(20)30-23)43-18-25(35)32-12-14-41-15-13-32/h4-5,16-17,21H,3,6-15,18H2,1-2H3,(H,31,38)(H,36,37). The highest BCUT2D eigenvalue weighted by molar-refractivity contribution is 5.99. The third kappa shape index (κ3) is 8.31. The van der Waals surface area contributed by atoms with Crippen molar-refractivity contribution in [1.82, 2.24) is 25.0 Å². The number of rotatable bonds is 10. The molecule has 4 rings (SSSR count). The highest BCUT2D eigenvalue weighted by atomic mass is 16.6. The van der Waals surface area contributed by atoms with E-state index in [2.05, 4.69) is 10.3 Å². The largest absolute Gasteiger partial charge is 0.483 e. The molecular formula is C29H37N5O9. The molecule has 43 heavy (non-hydrogen) atoms. The normalized spacial score (nSPS) is 16.0. The van der Waals surface area contributed by atoms with Gasteiger partial charge in [0, 0.05) is 57.1 Å². The number of carbonyl (C=O) groups excluding carboxylic acids is 4. The number of amides is 4. The summed E-state index contributed by atoms with van der Waals surface area (Å²) in [5, 5.41) is 12.5. The molecule has 2 N–H and O–H groups in total. The Morgan fingerprint density at radius 2 is 1.70 bits per heavy atom. The molecule has 0 bridgehead atoms. The molecule has 3 heterocycles. The molecule has 2 aliphatic rings. The summed E-state index contributed by atoms with van der Waals surface area (Å²) >= 11 is 0. The van der Waals surface area contributed by atoms with E-state index in [1.807, 2.05) is 13.0 Å². The van der Waals surface area contributed by atoms with E-state index < -0.39 is 29.9 Å². The Hall–Kier alpha value is -4.46. The summed E-state index contributed by atoms with van der Waals surface area (Å²) < 4.78 is 16.2. The van der Waals surface area contributed by atoms with Crippen LogP contribution in [0.3, 0.4) is 0 Å². The third-order valence-corrected chi connectivity index (χ3v) is 7.24. The quantitative estimate of drug-likeness (QED) is 0.403. The maximum absolute atomic E-state index is 13.5.